The van der Waals surface area contributed by atoms with E-state index in [4.69, 9.17) is 28.3 Å². The number of carboxylic acid groups (broad SMARTS) is 1. The van der Waals surface area contributed by atoms with Crippen LogP contribution in [0.2, 0.25) is 10.0 Å². The van der Waals surface area contributed by atoms with Crippen LogP contribution in [0, 0.1) is 0 Å². The summed E-state index contributed by atoms with van der Waals surface area (Å²) in [5.74, 6) is -1.26. The average Bonchev–Trinajstić information content (AvgIpc) is 3.19. The van der Waals surface area contributed by atoms with Crippen LogP contribution >= 0.6 is 23.2 Å². The van der Waals surface area contributed by atoms with E-state index in [-0.39, 0.29) is 12.2 Å². The fourth-order valence-corrected chi connectivity index (χ4v) is 2.77. The number of halogens is 2. The van der Waals surface area contributed by atoms with Crippen LogP contribution in [-0.2, 0) is 17.9 Å². The van der Waals surface area contributed by atoms with E-state index >= 15 is 0 Å². The van der Waals surface area contributed by atoms with Crippen LogP contribution in [-0.4, -0.2) is 36.5 Å². The van der Waals surface area contributed by atoms with Crippen LogP contribution in [0.1, 0.15) is 16.1 Å². The molecule has 1 amide bonds. The van der Waals surface area contributed by atoms with Crippen LogP contribution in [0.4, 0.5) is 5.82 Å². The summed E-state index contributed by atoms with van der Waals surface area (Å²) in [6, 6.07) is 8.13. The summed E-state index contributed by atoms with van der Waals surface area (Å²) in [7, 11) is 0. The number of amides is 1. The van der Waals surface area contributed by atoms with Crippen molar-refractivity contribution in [1.29, 1.82) is 0 Å². The van der Waals surface area contributed by atoms with Crippen LogP contribution in [0.15, 0.2) is 42.7 Å². The van der Waals surface area contributed by atoms with Crippen LogP contribution in [0.25, 0.3) is 0 Å². The molecule has 0 aliphatic carbocycles. The van der Waals surface area contributed by atoms with Gasteiger partial charge in [-0.3, -0.25) is 9.48 Å². The first-order chi connectivity index (χ1) is 12.4. The van der Waals surface area contributed by atoms with Gasteiger partial charge in [0, 0.05) is 28.5 Å². The fourth-order valence-electron chi connectivity index (χ4n) is 2.30. The Hall–Kier alpha value is -2.84. The Balaban J connectivity index is 1.63. The Bertz CT molecular complexity index is 966. The highest BCUT2D eigenvalue weighted by atomic mass is 35.5. The van der Waals surface area contributed by atoms with Gasteiger partial charge in [0.25, 0.3) is 0 Å². The lowest BCUT2D eigenvalue weighted by atomic mass is 10.2. The number of carbonyl (C=O) groups excluding carboxylic acids is 1. The monoisotopic (exact) mass is 393 g/mol. The van der Waals surface area contributed by atoms with Crippen LogP contribution in [0.3, 0.4) is 0 Å². The molecule has 26 heavy (non-hydrogen) atoms. The molecule has 0 aliphatic rings. The molecule has 3 rings (SSSR count). The zero-order valence-corrected chi connectivity index (χ0v) is 14.8. The third-order valence-corrected chi connectivity index (χ3v) is 4.07. The summed E-state index contributed by atoms with van der Waals surface area (Å²) in [4.78, 5) is 23.1. The molecule has 0 spiro atoms. The number of hydrogen-bond donors (Lipinski definition) is 2. The Labute approximate surface area is 157 Å². The molecule has 0 aliphatic heterocycles. The predicted octanol–water partition coefficient (Wildman–Crippen LogP) is 2.77. The standard InChI is InChI=1S/C16H13Cl2N5O3/c17-11-2-1-10(12(18)7-11)8-22-6-4-14(21-22)20-15(24)9-23-13(16(25)26)3-5-19-23/h1-7H,8-9H2,(H,25,26)(H,20,21,24). The molecule has 2 aromatic heterocycles. The molecule has 10 heteroatoms. The zero-order chi connectivity index (χ0) is 18.7. The molecular weight excluding hydrogens is 381 g/mol. The quantitative estimate of drug-likeness (QED) is 0.670. The smallest absolute Gasteiger partial charge is 0.354 e. The van der Waals surface area contributed by atoms with Crippen molar-refractivity contribution in [2.45, 2.75) is 13.1 Å². The molecule has 3 aromatic rings. The van der Waals surface area contributed by atoms with Crippen molar-refractivity contribution < 1.29 is 14.7 Å². The summed E-state index contributed by atoms with van der Waals surface area (Å²) in [5.41, 5.74) is 0.766. The van der Waals surface area contributed by atoms with E-state index in [2.05, 4.69) is 15.5 Å². The highest BCUT2D eigenvalue weighted by molar-refractivity contribution is 6.35. The molecule has 0 unspecified atom stereocenters. The van der Waals surface area contributed by atoms with Gasteiger partial charge in [-0.15, -0.1) is 0 Å². The minimum Gasteiger partial charge on any atom is -0.477 e. The first-order valence-corrected chi connectivity index (χ1v) is 8.20. The molecule has 0 bridgehead atoms. The van der Waals surface area contributed by atoms with Crippen molar-refractivity contribution in [2.75, 3.05) is 5.32 Å². The van der Waals surface area contributed by atoms with Gasteiger partial charge < -0.3 is 10.4 Å². The maximum absolute atomic E-state index is 12.1. The Morgan fingerprint density at radius 1 is 1.19 bits per heavy atom. The largest absolute Gasteiger partial charge is 0.477 e. The highest BCUT2D eigenvalue weighted by Gasteiger charge is 2.14. The predicted molar refractivity (Wildman–Crippen MR) is 95.6 cm³/mol. The van der Waals surface area contributed by atoms with Gasteiger partial charge in [0.1, 0.15) is 12.2 Å². The fraction of sp³-hybridized carbons (Fsp3) is 0.125. The number of rotatable bonds is 6. The second kappa shape index (κ2) is 7.59. The third-order valence-electron chi connectivity index (χ3n) is 3.48. The van der Waals surface area contributed by atoms with E-state index < -0.39 is 11.9 Å². The molecule has 0 fully saturated rings. The number of hydrogen-bond acceptors (Lipinski definition) is 4. The number of aromatic carboxylic acids is 1. The Morgan fingerprint density at radius 3 is 2.73 bits per heavy atom. The molecule has 0 radical (unpaired) electrons. The topological polar surface area (TPSA) is 102 Å². The number of carbonyl (C=O) groups is 2. The number of aromatic nitrogens is 4. The third kappa shape index (κ3) is 4.22. The van der Waals surface area contributed by atoms with E-state index in [1.54, 1.807) is 35.1 Å². The van der Waals surface area contributed by atoms with E-state index in [0.29, 0.717) is 22.4 Å². The maximum atomic E-state index is 12.1. The van der Waals surface area contributed by atoms with E-state index in [1.165, 1.54) is 12.3 Å². The van der Waals surface area contributed by atoms with E-state index in [9.17, 15) is 9.59 Å². The first kappa shape index (κ1) is 18.0. The highest BCUT2D eigenvalue weighted by Crippen LogP contribution is 2.21. The molecule has 8 nitrogen and oxygen atoms in total. The summed E-state index contributed by atoms with van der Waals surface area (Å²) in [6.45, 7) is 0.179. The summed E-state index contributed by atoms with van der Waals surface area (Å²) < 4.78 is 2.71. The van der Waals surface area contributed by atoms with Gasteiger partial charge in [-0.05, 0) is 23.8 Å². The van der Waals surface area contributed by atoms with Crippen molar-refractivity contribution in [2.24, 2.45) is 0 Å². The molecule has 2 N–H and O–H groups in total. The number of nitrogens with zero attached hydrogens (tertiary/aromatic N) is 4. The Kier molecular flexibility index (Phi) is 5.24. The minimum absolute atomic E-state index is 0.0666. The van der Waals surface area contributed by atoms with Crippen molar-refractivity contribution in [1.82, 2.24) is 19.6 Å². The molecule has 0 atom stereocenters. The van der Waals surface area contributed by atoms with Crippen molar-refractivity contribution in [3.63, 3.8) is 0 Å². The summed E-state index contributed by atoms with van der Waals surface area (Å²) in [5, 5.41) is 20.7. The van der Waals surface area contributed by atoms with Crippen LogP contribution in [0.5, 0.6) is 0 Å². The number of anilines is 1. The number of nitrogens with one attached hydrogen (secondary N) is 1. The number of benzene rings is 1. The van der Waals surface area contributed by atoms with Crippen molar-refractivity contribution in [3.05, 3.63) is 64.0 Å². The summed E-state index contributed by atoms with van der Waals surface area (Å²) in [6.07, 6.45) is 3.01. The lowest BCUT2D eigenvalue weighted by Crippen LogP contribution is -2.22. The zero-order valence-electron chi connectivity index (χ0n) is 13.3. The molecule has 2 heterocycles. The molecular formula is C16H13Cl2N5O3. The maximum Gasteiger partial charge on any atom is 0.354 e. The van der Waals surface area contributed by atoms with Gasteiger partial charge in [0.15, 0.2) is 5.82 Å². The van der Waals surface area contributed by atoms with Gasteiger partial charge in [0.2, 0.25) is 5.91 Å². The van der Waals surface area contributed by atoms with E-state index in [0.717, 1.165) is 10.2 Å². The normalized spacial score (nSPS) is 10.7. The van der Waals surface area contributed by atoms with Gasteiger partial charge in [-0.25, -0.2) is 9.48 Å². The van der Waals surface area contributed by atoms with E-state index in [1.807, 2.05) is 0 Å². The summed E-state index contributed by atoms with van der Waals surface area (Å²) >= 11 is 12.0. The lowest BCUT2D eigenvalue weighted by Gasteiger charge is -2.06. The second-order valence-corrected chi connectivity index (χ2v) is 6.21. The Morgan fingerprint density at radius 2 is 2.00 bits per heavy atom. The van der Waals surface area contributed by atoms with Crippen molar-refractivity contribution >= 4 is 40.9 Å². The first-order valence-electron chi connectivity index (χ1n) is 7.45. The SMILES string of the molecule is O=C(Cn1nccc1C(=O)O)Nc1ccn(Cc2ccc(Cl)cc2Cl)n1. The molecule has 0 saturated heterocycles. The average molecular weight is 394 g/mol. The van der Waals surface area contributed by atoms with Crippen LogP contribution < -0.4 is 5.32 Å². The molecule has 134 valence electrons. The minimum atomic E-state index is -1.15. The number of carboxylic acids is 1. The van der Waals surface area contributed by atoms with Crippen molar-refractivity contribution in [3.8, 4) is 0 Å². The van der Waals surface area contributed by atoms with Gasteiger partial charge >= 0.3 is 5.97 Å². The second-order valence-electron chi connectivity index (χ2n) is 5.36. The lowest BCUT2D eigenvalue weighted by molar-refractivity contribution is -0.116. The van der Waals surface area contributed by atoms with Gasteiger partial charge in [0.05, 0.1) is 6.54 Å². The van der Waals surface area contributed by atoms with Gasteiger partial charge in [-0.2, -0.15) is 10.2 Å². The molecule has 1 aromatic carbocycles. The molecule has 0 saturated carbocycles. The van der Waals surface area contributed by atoms with Gasteiger partial charge in [-0.1, -0.05) is 29.3 Å².